The minimum Gasteiger partial charge on any atom is -0.123 e. The second-order valence-electron chi connectivity index (χ2n) is 4.45. The highest BCUT2D eigenvalue weighted by Crippen LogP contribution is 2.26. The molecule has 0 heterocycles. The first-order valence-corrected chi connectivity index (χ1v) is 5.91. The lowest BCUT2D eigenvalue weighted by Gasteiger charge is -2.14. The Morgan fingerprint density at radius 3 is 1.31 bits per heavy atom. The lowest BCUT2D eigenvalue weighted by atomic mass is 9.91. The predicted molar refractivity (Wildman–Crippen MR) is 56.7 cm³/mol. The highest BCUT2D eigenvalue weighted by molar-refractivity contribution is 5.12. The summed E-state index contributed by atoms with van der Waals surface area (Å²) in [6.07, 6.45) is 13.9. The van der Waals surface area contributed by atoms with Gasteiger partial charge in [-0.25, -0.2) is 0 Å². The van der Waals surface area contributed by atoms with Crippen LogP contribution in [0.2, 0.25) is 0 Å². The zero-order valence-electron chi connectivity index (χ0n) is 8.57. The molecule has 13 heavy (non-hydrogen) atoms. The molecule has 0 radical (unpaired) electrons. The molecule has 2 rings (SSSR count). The van der Waals surface area contributed by atoms with Crippen molar-refractivity contribution in [3.8, 4) is 0 Å². The van der Waals surface area contributed by atoms with Crippen LogP contribution in [0.25, 0.3) is 0 Å². The fourth-order valence-electron chi connectivity index (χ4n) is 2.46. The van der Waals surface area contributed by atoms with E-state index in [1.807, 2.05) is 0 Å². The first-order chi connectivity index (χ1) is 6.45. The Morgan fingerprint density at radius 2 is 0.923 bits per heavy atom. The van der Waals surface area contributed by atoms with Crippen molar-refractivity contribution in [1.82, 2.24) is 0 Å². The standard InChI is InChI=1S/C13H20/c1-3-7-12(8-4-1)11-13-9-5-2-6-10-13/h1-10H2. The third kappa shape index (κ3) is 2.74. The molecule has 0 aromatic rings. The fraction of sp³-hybridized carbons (Fsp3) is 0.769. The van der Waals surface area contributed by atoms with Crippen molar-refractivity contribution < 1.29 is 0 Å². The van der Waals surface area contributed by atoms with Crippen LogP contribution >= 0.6 is 0 Å². The molecule has 0 heteroatoms. The van der Waals surface area contributed by atoms with Gasteiger partial charge in [0.2, 0.25) is 0 Å². The summed E-state index contributed by atoms with van der Waals surface area (Å²) in [4.78, 5) is 0. The Morgan fingerprint density at radius 1 is 0.538 bits per heavy atom. The van der Waals surface area contributed by atoms with Gasteiger partial charge < -0.3 is 0 Å². The predicted octanol–water partition coefficient (Wildman–Crippen LogP) is 4.37. The van der Waals surface area contributed by atoms with Crippen molar-refractivity contribution in [2.45, 2.75) is 64.2 Å². The number of hydrogen-bond donors (Lipinski definition) is 0. The maximum atomic E-state index is 3.69. The largest absolute Gasteiger partial charge is 0.123 e. The van der Waals surface area contributed by atoms with E-state index in [2.05, 4.69) is 5.73 Å². The van der Waals surface area contributed by atoms with E-state index in [4.69, 9.17) is 0 Å². The molecule has 2 saturated carbocycles. The van der Waals surface area contributed by atoms with Gasteiger partial charge in [-0.1, -0.05) is 12.8 Å². The highest BCUT2D eigenvalue weighted by atomic mass is 14.1. The van der Waals surface area contributed by atoms with Gasteiger partial charge in [-0.2, -0.15) is 0 Å². The van der Waals surface area contributed by atoms with Crippen LogP contribution in [0.4, 0.5) is 0 Å². The summed E-state index contributed by atoms with van der Waals surface area (Å²) in [7, 11) is 0. The van der Waals surface area contributed by atoms with Gasteiger partial charge in [0.25, 0.3) is 0 Å². The first-order valence-electron chi connectivity index (χ1n) is 5.91. The quantitative estimate of drug-likeness (QED) is 0.481. The Labute approximate surface area is 81.7 Å². The minimum atomic E-state index is 1.34. The normalized spacial score (nSPS) is 24.3. The van der Waals surface area contributed by atoms with Crippen LogP contribution in [0.5, 0.6) is 0 Å². The average Bonchev–Trinajstić information content (AvgIpc) is 2.21. The summed E-state index contributed by atoms with van der Waals surface area (Å²) in [6, 6.07) is 0. The molecule has 0 aromatic carbocycles. The monoisotopic (exact) mass is 176 g/mol. The lowest BCUT2D eigenvalue weighted by Crippen LogP contribution is -1.95. The average molecular weight is 176 g/mol. The molecule has 0 bridgehead atoms. The molecular formula is C13H20. The van der Waals surface area contributed by atoms with Crippen LogP contribution in [-0.2, 0) is 0 Å². The van der Waals surface area contributed by atoms with Crippen LogP contribution in [0.3, 0.4) is 0 Å². The number of rotatable bonds is 0. The Kier molecular flexibility index (Phi) is 3.27. The molecule has 0 aliphatic heterocycles. The maximum absolute atomic E-state index is 3.69. The van der Waals surface area contributed by atoms with Crippen molar-refractivity contribution >= 4 is 0 Å². The van der Waals surface area contributed by atoms with E-state index in [1.165, 1.54) is 64.2 Å². The molecule has 2 fully saturated rings. The Bertz CT molecular complexity index is 190. The SMILES string of the molecule is C(=C1CCCCC1)=C1CCCCC1. The fourth-order valence-corrected chi connectivity index (χ4v) is 2.46. The molecule has 0 amide bonds. The summed E-state index contributed by atoms with van der Waals surface area (Å²) >= 11 is 0. The molecule has 0 aromatic heterocycles. The van der Waals surface area contributed by atoms with Crippen molar-refractivity contribution in [2.75, 3.05) is 0 Å². The van der Waals surface area contributed by atoms with Crippen molar-refractivity contribution in [2.24, 2.45) is 0 Å². The third-order valence-electron chi connectivity index (χ3n) is 3.27. The maximum Gasteiger partial charge on any atom is -0.0244 e. The highest BCUT2D eigenvalue weighted by Gasteiger charge is 2.07. The van der Waals surface area contributed by atoms with Gasteiger partial charge in [-0.3, -0.25) is 0 Å². The van der Waals surface area contributed by atoms with Gasteiger partial charge >= 0.3 is 0 Å². The van der Waals surface area contributed by atoms with Crippen LogP contribution in [0, 0.1) is 0 Å². The van der Waals surface area contributed by atoms with Gasteiger partial charge in [0.1, 0.15) is 0 Å². The van der Waals surface area contributed by atoms with Crippen LogP contribution in [-0.4, -0.2) is 0 Å². The molecule has 0 atom stereocenters. The topological polar surface area (TPSA) is 0 Å². The van der Waals surface area contributed by atoms with E-state index in [-0.39, 0.29) is 0 Å². The Hall–Kier alpha value is -0.480. The van der Waals surface area contributed by atoms with Crippen LogP contribution in [0.1, 0.15) is 64.2 Å². The summed E-state index contributed by atoms with van der Waals surface area (Å²) in [5, 5.41) is 0. The molecule has 2 aliphatic rings. The van der Waals surface area contributed by atoms with E-state index in [0.717, 1.165) is 0 Å². The lowest BCUT2D eigenvalue weighted by molar-refractivity contribution is 0.587. The van der Waals surface area contributed by atoms with E-state index < -0.39 is 0 Å². The van der Waals surface area contributed by atoms with Gasteiger partial charge in [0, 0.05) is 0 Å². The van der Waals surface area contributed by atoms with Crippen molar-refractivity contribution in [3.63, 3.8) is 0 Å². The third-order valence-corrected chi connectivity index (χ3v) is 3.27. The van der Waals surface area contributed by atoms with Gasteiger partial charge in [0.05, 0.1) is 0 Å². The van der Waals surface area contributed by atoms with Crippen molar-refractivity contribution in [3.05, 3.63) is 16.9 Å². The molecule has 0 nitrogen and oxygen atoms in total. The zero-order valence-corrected chi connectivity index (χ0v) is 8.57. The zero-order chi connectivity index (χ0) is 8.93. The second-order valence-corrected chi connectivity index (χ2v) is 4.45. The molecular weight excluding hydrogens is 156 g/mol. The van der Waals surface area contributed by atoms with Gasteiger partial charge in [-0.05, 0) is 62.5 Å². The molecule has 0 spiro atoms. The van der Waals surface area contributed by atoms with E-state index in [1.54, 1.807) is 11.1 Å². The molecule has 0 N–H and O–H groups in total. The minimum absolute atomic E-state index is 1.34. The second kappa shape index (κ2) is 4.67. The van der Waals surface area contributed by atoms with Crippen LogP contribution < -0.4 is 0 Å². The summed E-state index contributed by atoms with van der Waals surface area (Å²) in [5.74, 6) is 0. The molecule has 72 valence electrons. The van der Waals surface area contributed by atoms with Crippen molar-refractivity contribution in [1.29, 1.82) is 0 Å². The smallest absolute Gasteiger partial charge is 0.0244 e. The number of allylic oxidation sites excluding steroid dienone is 1. The summed E-state index contributed by atoms with van der Waals surface area (Å²) in [5.41, 5.74) is 6.95. The molecule has 2 aliphatic carbocycles. The van der Waals surface area contributed by atoms with Crippen LogP contribution in [0.15, 0.2) is 16.9 Å². The molecule has 0 saturated heterocycles. The first kappa shape index (κ1) is 9.09. The van der Waals surface area contributed by atoms with Gasteiger partial charge in [0.15, 0.2) is 0 Å². The number of hydrogen-bond acceptors (Lipinski definition) is 0. The van der Waals surface area contributed by atoms with Gasteiger partial charge in [-0.15, -0.1) is 5.73 Å². The Balaban J connectivity index is 2.04. The van der Waals surface area contributed by atoms with E-state index >= 15 is 0 Å². The van der Waals surface area contributed by atoms with E-state index in [0.29, 0.717) is 0 Å². The summed E-state index contributed by atoms with van der Waals surface area (Å²) < 4.78 is 0. The summed E-state index contributed by atoms with van der Waals surface area (Å²) in [6.45, 7) is 0. The van der Waals surface area contributed by atoms with E-state index in [9.17, 15) is 0 Å². The molecule has 0 unspecified atom stereocenters.